The van der Waals surface area contributed by atoms with Gasteiger partial charge in [0.25, 0.3) is 5.91 Å². The van der Waals surface area contributed by atoms with Crippen molar-refractivity contribution < 1.29 is 37.4 Å². The van der Waals surface area contributed by atoms with Crippen LogP contribution in [-0.4, -0.2) is 63.6 Å². The lowest BCUT2D eigenvalue weighted by molar-refractivity contribution is -0.192. The number of likely N-dealkylation sites (N-methyl/N-ethyl adjacent to an activating group) is 1. The minimum absolute atomic E-state index is 0.142. The number of nitrogens with one attached hydrogen (secondary N) is 2. The van der Waals surface area contributed by atoms with Crippen molar-refractivity contribution in [1.29, 1.82) is 5.26 Å². The highest BCUT2D eigenvalue weighted by Gasteiger charge is 2.39. The van der Waals surface area contributed by atoms with Gasteiger partial charge in [-0.3, -0.25) is 9.59 Å². The van der Waals surface area contributed by atoms with Gasteiger partial charge in [0.2, 0.25) is 5.91 Å². The summed E-state index contributed by atoms with van der Waals surface area (Å²) in [6, 6.07) is 23.2. The quantitative estimate of drug-likeness (QED) is 0.272. The Labute approximate surface area is 262 Å². The van der Waals surface area contributed by atoms with E-state index in [4.69, 9.17) is 19.7 Å². The summed E-state index contributed by atoms with van der Waals surface area (Å²) in [5.74, 6) is -2.78. The van der Waals surface area contributed by atoms with Crippen molar-refractivity contribution in [2.24, 2.45) is 0 Å². The number of carboxylic acid groups (broad SMARTS) is 1. The molecule has 0 fully saturated rings. The van der Waals surface area contributed by atoms with E-state index in [1.807, 2.05) is 73.7 Å². The topological polar surface area (TPSA) is 150 Å². The second kappa shape index (κ2) is 14.1. The summed E-state index contributed by atoms with van der Waals surface area (Å²) in [6.45, 7) is 6.23. The maximum atomic E-state index is 14.1. The van der Waals surface area contributed by atoms with Crippen LogP contribution in [0.5, 0.6) is 5.75 Å². The number of carbonyl (C=O) groups is 3. The number of carbonyl (C=O) groups excluding carboxylic acids is 2. The predicted octanol–water partition coefficient (Wildman–Crippen LogP) is 4.33. The Kier molecular flexibility index (Phi) is 10.3. The highest BCUT2D eigenvalue weighted by molar-refractivity contribution is 6.02. The number of fused-ring (bicyclic) bond motifs is 2. The van der Waals surface area contributed by atoms with Crippen molar-refractivity contribution >= 4 is 34.4 Å². The molecule has 0 unspecified atom stereocenters. The van der Waals surface area contributed by atoms with Gasteiger partial charge in [-0.15, -0.1) is 0 Å². The predicted molar refractivity (Wildman–Crippen MR) is 162 cm³/mol. The molecule has 0 saturated heterocycles. The second-order valence-corrected chi connectivity index (χ2v) is 10.3. The lowest BCUT2D eigenvalue weighted by atomic mass is 10.1. The summed E-state index contributed by atoms with van der Waals surface area (Å²) in [7, 11) is 0. The molecule has 4 aromatic rings. The van der Waals surface area contributed by atoms with Gasteiger partial charge in [-0.2, -0.15) is 23.5 Å². The number of halogens is 3. The van der Waals surface area contributed by atoms with Crippen molar-refractivity contribution in [3.63, 3.8) is 0 Å². The average molecular weight is 637 g/mol. The number of ether oxygens (including phenoxy) is 1. The number of aromatic nitrogens is 2. The Morgan fingerprint density at radius 3 is 2.33 bits per heavy atom. The summed E-state index contributed by atoms with van der Waals surface area (Å²) in [5, 5.41) is 28.5. The van der Waals surface area contributed by atoms with Gasteiger partial charge in [0, 0.05) is 5.39 Å². The van der Waals surface area contributed by atoms with E-state index in [-0.39, 0.29) is 18.4 Å². The van der Waals surface area contributed by atoms with E-state index in [1.54, 1.807) is 29.5 Å². The van der Waals surface area contributed by atoms with Crippen LogP contribution < -0.4 is 20.3 Å². The van der Waals surface area contributed by atoms with Gasteiger partial charge in [-0.05, 0) is 50.7 Å². The Bertz CT molecular complexity index is 1780. The van der Waals surface area contributed by atoms with Gasteiger partial charge in [0.15, 0.2) is 0 Å². The standard InChI is InChI=1S/C30H30N6O3.C2HF3O2/c1-4-32-19(2)29(37)33-28-20(3)39-27-16-10-9-15-26(27)35(30(28)38)18-23-22-12-6-8-14-25(22)36(34-23)24-13-7-5-11-21(24)17-31;3-2(4,5)1(6)7/h5-16,19-20,28,32H,4,18H2,1-3H3,(H,33,37);(H,6,7)/t19-,20-,28-;/m0./s1. The molecule has 3 atom stereocenters. The molecule has 2 amide bonds. The molecule has 1 aromatic heterocycles. The number of hydrogen-bond donors (Lipinski definition) is 3. The van der Waals surface area contributed by atoms with Crippen molar-refractivity contribution in [2.75, 3.05) is 11.4 Å². The Morgan fingerprint density at radius 1 is 1.07 bits per heavy atom. The lowest BCUT2D eigenvalue weighted by Gasteiger charge is -2.27. The van der Waals surface area contributed by atoms with Crippen LogP contribution in [-0.2, 0) is 20.9 Å². The molecule has 0 spiro atoms. The first-order valence-electron chi connectivity index (χ1n) is 14.2. The zero-order valence-corrected chi connectivity index (χ0v) is 25.1. The second-order valence-electron chi connectivity index (χ2n) is 10.3. The smallest absolute Gasteiger partial charge is 0.486 e. The molecule has 11 nitrogen and oxygen atoms in total. The molecule has 1 aliphatic heterocycles. The van der Waals surface area contributed by atoms with Gasteiger partial charge in [-0.25, -0.2) is 9.48 Å². The van der Waals surface area contributed by atoms with Crippen LogP contribution in [0.3, 0.4) is 0 Å². The number of nitrogens with zero attached hydrogens (tertiary/aromatic N) is 4. The van der Waals surface area contributed by atoms with Gasteiger partial charge >= 0.3 is 12.1 Å². The zero-order valence-electron chi connectivity index (χ0n) is 25.1. The van der Waals surface area contributed by atoms with E-state index in [0.29, 0.717) is 34.9 Å². The average Bonchev–Trinajstić information content (AvgIpc) is 3.36. The molecular formula is C32H31F3N6O5. The molecule has 1 aliphatic rings. The van der Waals surface area contributed by atoms with Gasteiger partial charge in [0.1, 0.15) is 24.0 Å². The first-order chi connectivity index (χ1) is 21.9. The Balaban J connectivity index is 0.000000617. The summed E-state index contributed by atoms with van der Waals surface area (Å²) in [4.78, 5) is 37.5. The SMILES string of the molecule is CCN[C@@H](C)C(=O)N[C@@H]1C(=O)N(Cc2nn(-c3ccccc3C#N)c3ccccc23)c2ccccc2O[C@H]1C.O=C(O)C(F)(F)F. The highest BCUT2D eigenvalue weighted by Crippen LogP contribution is 2.35. The number of hydrogen-bond acceptors (Lipinski definition) is 7. The zero-order chi connectivity index (χ0) is 33.6. The summed E-state index contributed by atoms with van der Waals surface area (Å²) < 4.78 is 39.7. The van der Waals surface area contributed by atoms with Crippen molar-refractivity contribution in [3.8, 4) is 17.5 Å². The number of alkyl halides is 3. The largest absolute Gasteiger partial charge is 0.490 e. The number of aliphatic carboxylic acids is 1. The maximum absolute atomic E-state index is 14.1. The third-order valence-corrected chi connectivity index (χ3v) is 7.14. The van der Waals surface area contributed by atoms with Crippen molar-refractivity contribution in [3.05, 3.63) is 84.1 Å². The van der Waals surface area contributed by atoms with E-state index in [1.165, 1.54) is 0 Å². The number of rotatable bonds is 7. The third kappa shape index (κ3) is 7.27. The van der Waals surface area contributed by atoms with Crippen LogP contribution in [0.25, 0.3) is 16.6 Å². The van der Waals surface area contributed by atoms with Crippen molar-refractivity contribution in [1.82, 2.24) is 20.4 Å². The molecule has 3 aromatic carbocycles. The van der Waals surface area contributed by atoms with Gasteiger partial charge in [-0.1, -0.05) is 49.4 Å². The Hall–Kier alpha value is -5.42. The molecule has 14 heteroatoms. The molecule has 0 aliphatic carbocycles. The molecule has 46 heavy (non-hydrogen) atoms. The minimum Gasteiger partial charge on any atom is -0.486 e. The summed E-state index contributed by atoms with van der Waals surface area (Å²) in [6.07, 6.45) is -5.68. The number of nitriles is 1. The van der Waals surface area contributed by atoms with Crippen LogP contribution in [0.1, 0.15) is 32.0 Å². The molecule has 0 saturated carbocycles. The number of benzene rings is 3. The third-order valence-electron chi connectivity index (χ3n) is 7.14. The van der Waals surface area contributed by atoms with Crippen LogP contribution in [0.15, 0.2) is 72.8 Å². The van der Waals surface area contributed by atoms with Crippen LogP contribution in [0, 0.1) is 11.3 Å². The lowest BCUT2D eigenvalue weighted by Crippen LogP contribution is -2.57. The summed E-state index contributed by atoms with van der Waals surface area (Å²) in [5.41, 5.74) is 3.22. The van der Waals surface area contributed by atoms with E-state index < -0.39 is 30.3 Å². The normalized spacial score (nSPS) is 16.6. The first-order valence-corrected chi connectivity index (χ1v) is 14.2. The fourth-order valence-corrected chi connectivity index (χ4v) is 4.89. The van der Waals surface area contributed by atoms with E-state index >= 15 is 0 Å². The molecule has 3 N–H and O–H groups in total. The van der Waals surface area contributed by atoms with Crippen LogP contribution in [0.2, 0.25) is 0 Å². The van der Waals surface area contributed by atoms with Crippen LogP contribution in [0.4, 0.5) is 18.9 Å². The number of para-hydroxylation sites is 4. The highest BCUT2D eigenvalue weighted by atomic mass is 19.4. The maximum Gasteiger partial charge on any atom is 0.490 e. The van der Waals surface area contributed by atoms with Crippen molar-refractivity contribution in [2.45, 2.75) is 51.7 Å². The fourth-order valence-electron chi connectivity index (χ4n) is 4.89. The fraction of sp³-hybridized carbons (Fsp3) is 0.281. The van der Waals surface area contributed by atoms with Gasteiger partial charge in [0.05, 0.1) is 40.7 Å². The molecule has 0 bridgehead atoms. The van der Waals surface area contributed by atoms with E-state index in [2.05, 4.69) is 16.7 Å². The molecule has 2 heterocycles. The monoisotopic (exact) mass is 636 g/mol. The Morgan fingerprint density at radius 2 is 1.67 bits per heavy atom. The first kappa shape index (κ1) is 33.5. The van der Waals surface area contributed by atoms with E-state index in [0.717, 1.165) is 10.9 Å². The molecule has 5 rings (SSSR count). The molecule has 0 radical (unpaired) electrons. The van der Waals surface area contributed by atoms with Crippen LogP contribution >= 0.6 is 0 Å². The number of carboxylic acids is 1. The minimum atomic E-state index is -5.08. The number of amides is 2. The number of anilines is 1. The summed E-state index contributed by atoms with van der Waals surface area (Å²) >= 11 is 0. The molecule has 240 valence electrons. The van der Waals surface area contributed by atoms with E-state index in [9.17, 15) is 28.0 Å². The molecular weight excluding hydrogens is 605 g/mol. The van der Waals surface area contributed by atoms with Gasteiger partial charge < -0.3 is 25.4 Å².